The molecular weight excluding hydrogens is 376 g/mol. The molecule has 0 saturated carbocycles. The molecule has 0 aliphatic rings. The van der Waals surface area contributed by atoms with Crippen molar-refractivity contribution in [2.45, 2.75) is 24.3 Å². The summed E-state index contributed by atoms with van der Waals surface area (Å²) in [5.41, 5.74) is 1.86. The molecule has 0 radical (unpaired) electrons. The lowest BCUT2D eigenvalue weighted by molar-refractivity contribution is -0.115. The van der Waals surface area contributed by atoms with Crippen molar-refractivity contribution in [1.29, 1.82) is 5.26 Å². The maximum Gasteiger partial charge on any atom is 0.237 e. The highest BCUT2D eigenvalue weighted by atomic mass is 32.2. The molecule has 28 heavy (non-hydrogen) atoms. The van der Waals surface area contributed by atoms with Crippen LogP contribution in [0, 0.1) is 11.3 Å². The first kappa shape index (κ1) is 19.4. The Balaban J connectivity index is 1.73. The van der Waals surface area contributed by atoms with Gasteiger partial charge in [-0.25, -0.2) is 0 Å². The Morgan fingerprint density at radius 3 is 2.75 bits per heavy atom. The van der Waals surface area contributed by atoms with Crippen LogP contribution in [-0.2, 0) is 4.79 Å². The fourth-order valence-corrected chi connectivity index (χ4v) is 3.20. The number of thioether (sulfide) groups is 1. The number of carbonyl (C=O) groups excluding carboxylic acids is 1. The van der Waals surface area contributed by atoms with Crippen molar-refractivity contribution in [3.05, 3.63) is 54.1 Å². The third-order valence-electron chi connectivity index (χ3n) is 3.77. The van der Waals surface area contributed by atoms with E-state index < -0.39 is 5.25 Å². The average molecular weight is 394 g/mol. The van der Waals surface area contributed by atoms with Gasteiger partial charge < -0.3 is 10.1 Å². The fraction of sp³-hybridized carbons (Fsp3) is 0.211. The summed E-state index contributed by atoms with van der Waals surface area (Å²) in [5.74, 6) is 0.469. The number of benzene rings is 2. The van der Waals surface area contributed by atoms with Gasteiger partial charge in [0.1, 0.15) is 11.4 Å². The zero-order valence-electron chi connectivity index (χ0n) is 15.4. The van der Waals surface area contributed by atoms with Crippen LogP contribution >= 0.6 is 11.8 Å². The Bertz CT molecular complexity index is 996. The van der Waals surface area contributed by atoms with Gasteiger partial charge in [0.15, 0.2) is 0 Å². The normalized spacial score (nSPS) is 11.5. The molecular formula is C19H18N6O2S. The number of nitrogens with one attached hydrogen (secondary N) is 1. The molecule has 1 amide bonds. The van der Waals surface area contributed by atoms with Crippen LogP contribution in [0.15, 0.2) is 53.7 Å². The van der Waals surface area contributed by atoms with Crippen LogP contribution in [0.4, 0.5) is 5.69 Å². The molecule has 2 aromatic carbocycles. The molecule has 0 aliphatic carbocycles. The van der Waals surface area contributed by atoms with Gasteiger partial charge in [-0.1, -0.05) is 23.9 Å². The minimum absolute atomic E-state index is 0.192. The molecule has 1 aromatic heterocycles. The van der Waals surface area contributed by atoms with Crippen LogP contribution in [0.3, 0.4) is 0 Å². The maximum absolute atomic E-state index is 12.5. The number of nitrogens with zero attached hydrogens (tertiary/aromatic N) is 5. The minimum atomic E-state index is -0.445. The number of rotatable bonds is 7. The topological polar surface area (TPSA) is 106 Å². The lowest BCUT2D eigenvalue weighted by atomic mass is 10.2. The average Bonchev–Trinajstić information content (AvgIpc) is 3.17. The number of carbonyl (C=O) groups is 1. The van der Waals surface area contributed by atoms with Crippen molar-refractivity contribution in [2.75, 3.05) is 11.9 Å². The Labute approximate surface area is 166 Å². The van der Waals surface area contributed by atoms with Crippen molar-refractivity contribution in [3.63, 3.8) is 0 Å². The molecule has 0 aliphatic heterocycles. The van der Waals surface area contributed by atoms with E-state index in [0.717, 1.165) is 0 Å². The summed E-state index contributed by atoms with van der Waals surface area (Å²) >= 11 is 1.24. The molecule has 8 nitrogen and oxygen atoms in total. The van der Waals surface area contributed by atoms with Crippen LogP contribution in [0.5, 0.6) is 5.75 Å². The molecule has 0 saturated heterocycles. The first-order valence-corrected chi connectivity index (χ1v) is 9.48. The number of hydrogen-bond donors (Lipinski definition) is 1. The number of hydrogen-bond acceptors (Lipinski definition) is 7. The van der Waals surface area contributed by atoms with E-state index in [9.17, 15) is 4.79 Å². The van der Waals surface area contributed by atoms with E-state index in [1.165, 1.54) is 11.8 Å². The van der Waals surface area contributed by atoms with E-state index in [1.54, 1.807) is 35.9 Å². The molecule has 1 N–H and O–H groups in total. The number of nitriles is 1. The number of para-hydroxylation sites is 2. The number of aromatic nitrogens is 4. The summed E-state index contributed by atoms with van der Waals surface area (Å²) in [6, 6.07) is 16.2. The first-order chi connectivity index (χ1) is 13.6. The van der Waals surface area contributed by atoms with Crippen LogP contribution < -0.4 is 10.1 Å². The maximum atomic E-state index is 12.5. The Kier molecular flexibility index (Phi) is 6.24. The lowest BCUT2D eigenvalue weighted by Gasteiger charge is -2.13. The van der Waals surface area contributed by atoms with Crippen molar-refractivity contribution in [2.24, 2.45) is 0 Å². The third kappa shape index (κ3) is 4.47. The fourth-order valence-electron chi connectivity index (χ4n) is 2.40. The van der Waals surface area contributed by atoms with Crippen molar-refractivity contribution >= 4 is 23.4 Å². The minimum Gasteiger partial charge on any atom is -0.492 e. The number of tetrazole rings is 1. The van der Waals surface area contributed by atoms with Gasteiger partial charge in [-0.3, -0.25) is 4.79 Å². The van der Waals surface area contributed by atoms with Crippen molar-refractivity contribution in [1.82, 2.24) is 20.2 Å². The summed E-state index contributed by atoms with van der Waals surface area (Å²) in [7, 11) is 0. The molecule has 142 valence electrons. The second kappa shape index (κ2) is 9.01. The molecule has 0 spiro atoms. The zero-order valence-corrected chi connectivity index (χ0v) is 16.2. The van der Waals surface area contributed by atoms with Gasteiger partial charge in [-0.2, -0.15) is 9.94 Å². The van der Waals surface area contributed by atoms with E-state index in [1.807, 2.05) is 37.3 Å². The van der Waals surface area contributed by atoms with Crippen LogP contribution in [0.2, 0.25) is 0 Å². The van der Waals surface area contributed by atoms with E-state index in [0.29, 0.717) is 34.5 Å². The predicted molar refractivity (Wildman–Crippen MR) is 105 cm³/mol. The summed E-state index contributed by atoms with van der Waals surface area (Å²) in [6.07, 6.45) is 0. The molecule has 0 fully saturated rings. The summed E-state index contributed by atoms with van der Waals surface area (Å²) < 4.78 is 7.19. The zero-order chi connectivity index (χ0) is 19.9. The largest absolute Gasteiger partial charge is 0.492 e. The smallest absolute Gasteiger partial charge is 0.237 e. The van der Waals surface area contributed by atoms with Gasteiger partial charge in [0, 0.05) is 5.69 Å². The highest BCUT2D eigenvalue weighted by molar-refractivity contribution is 8.00. The lowest BCUT2D eigenvalue weighted by Crippen LogP contribution is -2.23. The number of ether oxygens (including phenoxy) is 1. The Morgan fingerprint density at radius 1 is 1.29 bits per heavy atom. The van der Waals surface area contributed by atoms with E-state index in [-0.39, 0.29) is 5.91 Å². The van der Waals surface area contributed by atoms with Gasteiger partial charge in [-0.15, -0.1) is 5.10 Å². The van der Waals surface area contributed by atoms with Crippen LogP contribution in [0.25, 0.3) is 5.69 Å². The molecule has 3 rings (SSSR count). The van der Waals surface area contributed by atoms with Crippen molar-refractivity contribution < 1.29 is 9.53 Å². The number of anilines is 1. The Hall–Kier alpha value is -3.38. The van der Waals surface area contributed by atoms with E-state index in [2.05, 4.69) is 20.8 Å². The monoisotopic (exact) mass is 394 g/mol. The van der Waals surface area contributed by atoms with Crippen LogP contribution in [-0.4, -0.2) is 38.0 Å². The van der Waals surface area contributed by atoms with Gasteiger partial charge in [0.05, 0.1) is 23.5 Å². The summed E-state index contributed by atoms with van der Waals surface area (Å²) in [6.45, 7) is 4.20. The molecule has 3 aromatic rings. The standard InChI is InChI=1S/C19H18N6O2S/c1-3-27-17-7-5-4-6-16(17)25-19(22-23-24-25)28-13(2)18(26)21-15-10-8-14(12-20)9-11-15/h4-11,13H,3H2,1-2H3,(H,21,26)/t13-/m1/s1. The Morgan fingerprint density at radius 2 is 2.04 bits per heavy atom. The first-order valence-electron chi connectivity index (χ1n) is 8.60. The van der Waals surface area contributed by atoms with Gasteiger partial charge in [0.25, 0.3) is 0 Å². The van der Waals surface area contributed by atoms with Gasteiger partial charge >= 0.3 is 0 Å². The summed E-state index contributed by atoms with van der Waals surface area (Å²) in [5, 5.41) is 23.5. The highest BCUT2D eigenvalue weighted by Gasteiger charge is 2.20. The second-order valence-electron chi connectivity index (χ2n) is 5.71. The van der Waals surface area contributed by atoms with Crippen LogP contribution in [0.1, 0.15) is 19.4 Å². The summed E-state index contributed by atoms with van der Waals surface area (Å²) in [4.78, 5) is 12.5. The molecule has 9 heteroatoms. The molecule has 0 unspecified atom stereocenters. The quantitative estimate of drug-likeness (QED) is 0.614. The van der Waals surface area contributed by atoms with Crippen molar-refractivity contribution in [3.8, 4) is 17.5 Å². The molecule has 1 atom stereocenters. The van der Waals surface area contributed by atoms with E-state index >= 15 is 0 Å². The molecule has 1 heterocycles. The predicted octanol–water partition coefficient (Wildman–Crippen LogP) is 3.05. The highest BCUT2D eigenvalue weighted by Crippen LogP contribution is 2.28. The third-order valence-corrected chi connectivity index (χ3v) is 4.80. The van der Waals surface area contributed by atoms with E-state index in [4.69, 9.17) is 10.00 Å². The van der Waals surface area contributed by atoms with Gasteiger partial charge in [-0.05, 0) is 60.7 Å². The second-order valence-corrected chi connectivity index (χ2v) is 7.02. The number of amides is 1. The SMILES string of the molecule is CCOc1ccccc1-n1nnnc1S[C@H](C)C(=O)Nc1ccc(C#N)cc1. The molecule has 0 bridgehead atoms. The van der Waals surface area contributed by atoms with Gasteiger partial charge in [0.2, 0.25) is 11.1 Å².